The minimum Gasteiger partial charge on any atom is -0.493 e. The maximum atomic E-state index is 12.7. The van der Waals surface area contributed by atoms with Crippen LogP contribution in [0.4, 0.5) is 16.2 Å². The predicted molar refractivity (Wildman–Crippen MR) is 187 cm³/mol. The Morgan fingerprint density at radius 2 is 1.35 bits per heavy atom. The number of benzene rings is 2. The Labute approximate surface area is 266 Å². The molecule has 0 spiro atoms. The van der Waals surface area contributed by atoms with Gasteiger partial charge in [0.25, 0.3) is 0 Å². The first-order valence-electron chi connectivity index (χ1n) is 16.8. The van der Waals surface area contributed by atoms with Gasteiger partial charge in [-0.05, 0) is 53.1 Å². The van der Waals surface area contributed by atoms with Crippen molar-refractivity contribution in [1.29, 1.82) is 0 Å². The Morgan fingerprint density at radius 3 is 1.91 bits per heavy atom. The van der Waals surface area contributed by atoms with Crippen LogP contribution in [0, 0.1) is 0 Å². The van der Waals surface area contributed by atoms with Gasteiger partial charge in [0.2, 0.25) is 0 Å². The monoisotopic (exact) mass is 607 g/mol. The maximum Gasteiger partial charge on any atom is 0.323 e. The number of urea groups is 1. The van der Waals surface area contributed by atoms with Gasteiger partial charge in [0.1, 0.15) is 5.75 Å². The third-order valence-electron chi connectivity index (χ3n) is 8.01. The Bertz CT molecular complexity index is 1090. The van der Waals surface area contributed by atoms with Crippen molar-refractivity contribution in [2.75, 3.05) is 23.1 Å². The molecule has 0 saturated heterocycles. The zero-order valence-electron chi connectivity index (χ0n) is 27.4. The van der Waals surface area contributed by atoms with Gasteiger partial charge < -0.3 is 20.3 Å². The lowest BCUT2D eigenvalue weighted by Crippen LogP contribution is -2.20. The fourth-order valence-electron chi connectivity index (χ4n) is 5.43. The van der Waals surface area contributed by atoms with Gasteiger partial charge in [0, 0.05) is 29.7 Å². The molecule has 6 heteroatoms. The minimum absolute atomic E-state index is 0.0993. The normalized spacial score (nSPS) is 13.0. The Hall–Kier alpha value is -2.60. The molecule has 5 nitrogen and oxygen atoms in total. The second kappa shape index (κ2) is 19.6. The van der Waals surface area contributed by atoms with E-state index in [1.807, 2.05) is 30.3 Å². The van der Waals surface area contributed by atoms with Crippen LogP contribution < -0.4 is 15.4 Å². The second-order valence-corrected chi connectivity index (χ2v) is 13.9. The molecule has 2 aromatic carbocycles. The number of unbranched alkanes of at least 4 members (excludes halogenated alkanes) is 13. The van der Waals surface area contributed by atoms with Crippen LogP contribution in [0.3, 0.4) is 0 Å². The van der Waals surface area contributed by atoms with E-state index >= 15 is 0 Å². The smallest absolute Gasteiger partial charge is 0.323 e. The molecule has 0 bridgehead atoms. The summed E-state index contributed by atoms with van der Waals surface area (Å²) in [6.07, 6.45) is 21.1. The van der Waals surface area contributed by atoms with Gasteiger partial charge >= 0.3 is 6.03 Å². The van der Waals surface area contributed by atoms with Gasteiger partial charge in [-0.2, -0.15) is 0 Å². The number of ether oxygens (including phenoxy) is 1. The highest BCUT2D eigenvalue weighted by Gasteiger charge is 2.20. The number of nitrogens with one attached hydrogen (secondary N) is 2. The number of anilines is 2. The first-order chi connectivity index (χ1) is 20.8. The van der Waals surface area contributed by atoms with Gasteiger partial charge in [-0.15, -0.1) is 11.8 Å². The lowest BCUT2D eigenvalue weighted by molar-refractivity contribution is 0.262. The molecule has 1 aliphatic heterocycles. The van der Waals surface area contributed by atoms with Crippen LogP contribution in [-0.2, 0) is 12.0 Å². The number of hydrogen-bond donors (Lipinski definition) is 2. The number of carbonyl (C=O) groups is 1. The van der Waals surface area contributed by atoms with E-state index in [-0.39, 0.29) is 11.4 Å². The second-order valence-electron chi connectivity index (χ2n) is 13.0. The first kappa shape index (κ1) is 34.9. The van der Waals surface area contributed by atoms with Crippen LogP contribution in [0.25, 0.3) is 0 Å². The van der Waals surface area contributed by atoms with E-state index in [0.717, 1.165) is 48.1 Å². The molecule has 0 radical (unpaired) electrons. The van der Waals surface area contributed by atoms with Crippen LogP contribution in [0.2, 0.25) is 0 Å². The zero-order chi connectivity index (χ0) is 30.8. The van der Waals surface area contributed by atoms with Crippen molar-refractivity contribution in [3.8, 4) is 5.75 Å². The topological polar surface area (TPSA) is 53.6 Å². The molecule has 2 N–H and O–H groups in total. The molecule has 0 aromatic heterocycles. The summed E-state index contributed by atoms with van der Waals surface area (Å²) >= 11 is 1.80. The summed E-state index contributed by atoms with van der Waals surface area (Å²) in [6, 6.07) is 13.8. The first-order valence-corrected chi connectivity index (χ1v) is 17.9. The molecule has 238 valence electrons. The summed E-state index contributed by atoms with van der Waals surface area (Å²) in [5.74, 6) is 1.90. The van der Waals surface area contributed by atoms with Crippen molar-refractivity contribution < 1.29 is 9.53 Å². The van der Waals surface area contributed by atoms with E-state index in [1.54, 1.807) is 11.8 Å². The number of rotatable bonds is 20. The van der Waals surface area contributed by atoms with E-state index in [1.165, 1.54) is 89.0 Å². The summed E-state index contributed by atoms with van der Waals surface area (Å²) in [4.78, 5) is 15.0. The van der Waals surface area contributed by atoms with Crippen molar-refractivity contribution in [3.63, 3.8) is 0 Å². The van der Waals surface area contributed by atoms with Crippen molar-refractivity contribution >= 4 is 29.2 Å². The van der Waals surface area contributed by atoms with Crippen LogP contribution in [0.5, 0.6) is 5.75 Å². The SMILES string of the molecule is CCCCCCCCCCCCCCCCOc1ccc(NC(=O)Nc2ccc(CN3C=CSC3)cc2)cc1C(C)(C)C. The molecule has 1 heterocycles. The Balaban J connectivity index is 1.33. The number of nitrogens with zero attached hydrogens (tertiary/aromatic N) is 1. The van der Waals surface area contributed by atoms with Gasteiger partial charge in [0.15, 0.2) is 0 Å². The van der Waals surface area contributed by atoms with Crippen LogP contribution in [0.15, 0.2) is 54.1 Å². The molecule has 43 heavy (non-hydrogen) atoms. The third kappa shape index (κ3) is 14.2. The molecular formula is C37H57N3O2S. The van der Waals surface area contributed by atoms with E-state index in [0.29, 0.717) is 0 Å². The highest BCUT2D eigenvalue weighted by atomic mass is 32.2. The van der Waals surface area contributed by atoms with Crippen molar-refractivity contribution in [2.45, 2.75) is 130 Å². The third-order valence-corrected chi connectivity index (χ3v) is 8.80. The van der Waals surface area contributed by atoms with E-state index in [4.69, 9.17) is 4.74 Å². The quantitative estimate of drug-likeness (QED) is 0.147. The highest BCUT2D eigenvalue weighted by molar-refractivity contribution is 8.02. The molecule has 1 aliphatic rings. The van der Waals surface area contributed by atoms with Gasteiger partial charge in [0.05, 0.1) is 12.5 Å². The molecule has 0 unspecified atom stereocenters. The predicted octanol–water partition coefficient (Wildman–Crippen LogP) is 11.5. The largest absolute Gasteiger partial charge is 0.493 e. The lowest BCUT2D eigenvalue weighted by atomic mass is 9.86. The van der Waals surface area contributed by atoms with Gasteiger partial charge in [-0.1, -0.05) is 123 Å². The van der Waals surface area contributed by atoms with Gasteiger partial charge in [-0.25, -0.2) is 4.79 Å². The summed E-state index contributed by atoms with van der Waals surface area (Å²) < 4.78 is 6.25. The minimum atomic E-state index is -0.248. The number of hydrogen-bond acceptors (Lipinski definition) is 4. The number of amides is 2. The van der Waals surface area contributed by atoms with Crippen molar-refractivity contribution in [1.82, 2.24) is 4.90 Å². The number of thioether (sulfide) groups is 1. The molecule has 2 aromatic rings. The fourth-order valence-corrected chi connectivity index (χ4v) is 6.14. The summed E-state index contributed by atoms with van der Waals surface area (Å²) in [5, 5.41) is 8.07. The summed E-state index contributed by atoms with van der Waals surface area (Å²) in [6.45, 7) is 10.4. The lowest BCUT2D eigenvalue weighted by Gasteiger charge is -2.24. The van der Waals surface area contributed by atoms with Crippen LogP contribution in [0.1, 0.15) is 129 Å². The summed E-state index contributed by atoms with van der Waals surface area (Å²) in [7, 11) is 0. The van der Waals surface area contributed by atoms with E-state index in [9.17, 15) is 4.79 Å². The molecule has 0 aliphatic carbocycles. The van der Waals surface area contributed by atoms with Crippen LogP contribution in [-0.4, -0.2) is 23.4 Å². The Morgan fingerprint density at radius 1 is 0.791 bits per heavy atom. The van der Waals surface area contributed by atoms with Crippen molar-refractivity contribution in [2.24, 2.45) is 0 Å². The van der Waals surface area contributed by atoms with Crippen LogP contribution >= 0.6 is 11.8 Å². The Kier molecular flexibility index (Phi) is 15.9. The average molecular weight is 608 g/mol. The fraction of sp³-hybridized carbons (Fsp3) is 0.595. The van der Waals surface area contributed by atoms with Crippen molar-refractivity contribution in [3.05, 3.63) is 65.2 Å². The molecular weight excluding hydrogens is 550 g/mol. The molecule has 3 rings (SSSR count). The average Bonchev–Trinajstić information content (AvgIpc) is 3.49. The highest BCUT2D eigenvalue weighted by Crippen LogP contribution is 2.34. The zero-order valence-corrected chi connectivity index (χ0v) is 28.2. The summed E-state index contributed by atoms with van der Waals surface area (Å²) in [5.41, 5.74) is 3.77. The molecule has 2 amide bonds. The standard InChI is InChI=1S/C37H57N3O2S/c1-5-6-7-8-9-10-11-12-13-14-15-16-17-18-26-42-35-24-23-33(28-34(35)37(2,3)4)39-36(41)38-32-21-19-31(20-22-32)29-40-25-27-43-30-40/h19-25,27-28H,5-18,26,29-30H2,1-4H3,(H2,38,39,41). The maximum absolute atomic E-state index is 12.7. The molecule has 0 atom stereocenters. The molecule has 0 saturated carbocycles. The molecule has 0 fully saturated rings. The van der Waals surface area contributed by atoms with E-state index < -0.39 is 0 Å². The number of carbonyl (C=O) groups excluding carboxylic acids is 1. The van der Waals surface area contributed by atoms with Gasteiger partial charge in [-0.3, -0.25) is 0 Å². The van der Waals surface area contributed by atoms with E-state index in [2.05, 4.69) is 67.0 Å².